The van der Waals surface area contributed by atoms with Gasteiger partial charge in [-0.15, -0.1) is 0 Å². The molecule has 0 unspecified atom stereocenters. The smallest absolute Gasteiger partial charge is 0.252 e. The Kier molecular flexibility index (Phi) is 6.08. The van der Waals surface area contributed by atoms with Gasteiger partial charge in [0.15, 0.2) is 0 Å². The number of rotatable bonds is 7. The van der Waals surface area contributed by atoms with Gasteiger partial charge in [-0.25, -0.2) is 0 Å². The molecule has 0 radical (unpaired) electrons. The van der Waals surface area contributed by atoms with Crippen LogP contribution in [0.15, 0.2) is 230 Å². The van der Waals surface area contributed by atoms with E-state index < -0.39 is 36.3 Å². The van der Waals surface area contributed by atoms with Crippen LogP contribution in [0.5, 0.6) is 0 Å². The van der Waals surface area contributed by atoms with Crippen molar-refractivity contribution in [2.45, 2.75) is 0 Å². The lowest BCUT2D eigenvalue weighted by Gasteiger charge is -2.45. The maximum Gasteiger partial charge on any atom is 0.252 e. The summed E-state index contributed by atoms with van der Waals surface area (Å²) in [5, 5.41) is 0. The molecule has 0 saturated carbocycles. The lowest BCUT2D eigenvalue weighted by molar-refractivity contribution is 1.23. The van der Waals surface area contributed by atoms with Crippen LogP contribution < -0.4 is 31.1 Å². The topological polar surface area (TPSA) is 9.72 Å². The number of para-hydroxylation sites is 6. The van der Waals surface area contributed by atoms with Gasteiger partial charge in [-0.2, -0.15) is 0 Å². The predicted octanol–water partition coefficient (Wildman–Crippen LogP) is 12.6. The third-order valence-electron chi connectivity index (χ3n) is 11.0. The quantitative estimate of drug-likeness (QED) is 0.150. The standard InChI is InChI=1S/C54H38BN3/c1-5-21-39(22-6-1)44-29-13-17-33-48(44)57-50-35-19-15-31-46(50)55-47-32-16-20-36-51(47)58(49-34-18-14-30-45(49)40-23-7-2-8-24-40)53-38-43(37-52(57)54(53)55)56(41-25-9-3-10-26-41)42-27-11-4-12-28-42/h1-38H/i1D,2D,5D,6D,7D,8D,21D,22D,23D,24D. The first-order valence-electron chi connectivity index (χ1n) is 24.2. The molecule has 0 fully saturated rings. The van der Waals surface area contributed by atoms with Gasteiger partial charge in [0.05, 0.1) is 30.8 Å². The maximum absolute atomic E-state index is 9.16. The van der Waals surface area contributed by atoms with Crippen LogP contribution in [-0.2, 0) is 0 Å². The zero-order valence-electron chi connectivity index (χ0n) is 41.1. The minimum Gasteiger partial charge on any atom is -0.311 e. The first kappa shape index (κ1) is 24.9. The summed E-state index contributed by atoms with van der Waals surface area (Å²) in [5.74, 6) is 0. The molecule has 4 heteroatoms. The van der Waals surface area contributed by atoms with Crippen molar-refractivity contribution in [3.8, 4) is 22.3 Å². The van der Waals surface area contributed by atoms with Gasteiger partial charge in [-0.1, -0.05) is 170 Å². The van der Waals surface area contributed by atoms with E-state index in [1.54, 1.807) is 12.1 Å². The van der Waals surface area contributed by atoms with Crippen LogP contribution in [0.4, 0.5) is 51.2 Å². The molecule has 9 aromatic rings. The Morgan fingerprint density at radius 1 is 0.362 bits per heavy atom. The Bertz CT molecular complexity index is 3240. The third kappa shape index (κ3) is 5.53. The van der Waals surface area contributed by atoms with Crippen LogP contribution in [0.2, 0.25) is 0 Å². The van der Waals surface area contributed by atoms with Gasteiger partial charge in [0.2, 0.25) is 0 Å². The molecule has 58 heavy (non-hydrogen) atoms. The maximum atomic E-state index is 9.16. The highest BCUT2D eigenvalue weighted by atomic mass is 15.2. The van der Waals surface area contributed by atoms with Gasteiger partial charge >= 0.3 is 0 Å². The van der Waals surface area contributed by atoms with Crippen LogP contribution in [0.3, 0.4) is 0 Å². The fourth-order valence-corrected chi connectivity index (χ4v) is 8.66. The summed E-state index contributed by atoms with van der Waals surface area (Å²) in [5.41, 5.74) is 10.8. The summed E-state index contributed by atoms with van der Waals surface area (Å²) in [6, 6.07) is 51.5. The Balaban J connectivity index is 1.29. The molecular weight excluding hydrogens is 701 g/mol. The first-order chi connectivity index (χ1) is 33.0. The minimum atomic E-state index is -0.473. The molecule has 3 nitrogen and oxygen atoms in total. The van der Waals surface area contributed by atoms with Gasteiger partial charge in [-0.05, 0) is 88.2 Å². The van der Waals surface area contributed by atoms with Crippen molar-refractivity contribution in [1.29, 1.82) is 0 Å². The van der Waals surface area contributed by atoms with E-state index in [-0.39, 0.29) is 42.0 Å². The lowest BCUT2D eigenvalue weighted by atomic mass is 9.33. The van der Waals surface area contributed by atoms with Gasteiger partial charge < -0.3 is 14.7 Å². The molecule has 0 saturated heterocycles. The number of anilines is 9. The Labute approximate surface area is 354 Å². The number of nitrogens with zero attached hydrogens (tertiary/aromatic N) is 3. The number of hydrogen-bond acceptors (Lipinski definition) is 3. The molecule has 9 aromatic carbocycles. The summed E-state index contributed by atoms with van der Waals surface area (Å²) in [7, 11) is 0. The molecule has 0 N–H and O–H groups in total. The fraction of sp³-hybridized carbons (Fsp3) is 0. The van der Waals surface area contributed by atoms with Crippen LogP contribution in [0.1, 0.15) is 13.7 Å². The zero-order valence-corrected chi connectivity index (χ0v) is 31.1. The van der Waals surface area contributed by atoms with Gasteiger partial charge in [-0.3, -0.25) is 0 Å². The third-order valence-corrected chi connectivity index (χ3v) is 11.0. The molecular formula is C54H38BN3. The molecule has 0 amide bonds. The Morgan fingerprint density at radius 3 is 1.19 bits per heavy atom. The van der Waals surface area contributed by atoms with E-state index in [4.69, 9.17) is 13.7 Å². The summed E-state index contributed by atoms with van der Waals surface area (Å²) in [4.78, 5) is 6.43. The minimum absolute atomic E-state index is 0.0749. The molecule has 0 aliphatic carbocycles. The van der Waals surface area contributed by atoms with E-state index >= 15 is 0 Å². The molecule has 0 aromatic heterocycles. The van der Waals surface area contributed by atoms with Crippen molar-refractivity contribution in [2.24, 2.45) is 0 Å². The molecule has 272 valence electrons. The Morgan fingerprint density at radius 2 is 0.741 bits per heavy atom. The highest BCUT2D eigenvalue weighted by Crippen LogP contribution is 2.50. The van der Waals surface area contributed by atoms with Gasteiger partial charge in [0.25, 0.3) is 6.71 Å². The van der Waals surface area contributed by atoms with E-state index in [9.17, 15) is 0 Å². The van der Waals surface area contributed by atoms with Crippen LogP contribution in [-0.4, -0.2) is 6.71 Å². The number of fused-ring (bicyclic) bond motifs is 4. The lowest BCUT2D eigenvalue weighted by Crippen LogP contribution is -2.61. The molecule has 0 bridgehead atoms. The van der Waals surface area contributed by atoms with Crippen molar-refractivity contribution in [3.63, 3.8) is 0 Å². The predicted molar refractivity (Wildman–Crippen MR) is 246 cm³/mol. The SMILES string of the molecule is [2H]c1c([2H])c([2H])c(-c2ccccc2N2c3ccccc3B3c4ccccc4N(c4ccccc4-c4c([2H])c([2H])c([2H])c([2H])c4[2H])c4cc(N(c5ccccc5)c5ccccc5)cc2c43)c([2H])c1[2H]. The summed E-state index contributed by atoms with van der Waals surface area (Å²) in [6.07, 6.45) is 0. The molecule has 11 rings (SSSR count). The number of benzene rings is 9. The average Bonchev–Trinajstić information content (AvgIpc) is 3.37. The summed E-state index contributed by atoms with van der Waals surface area (Å²) in [6.45, 7) is -0.336. The molecule has 2 aliphatic heterocycles. The van der Waals surface area contributed by atoms with E-state index in [1.165, 1.54) is 0 Å². The Hall–Kier alpha value is -7.56. The van der Waals surface area contributed by atoms with Crippen LogP contribution in [0.25, 0.3) is 22.3 Å². The van der Waals surface area contributed by atoms with Crippen molar-refractivity contribution < 1.29 is 13.7 Å². The van der Waals surface area contributed by atoms with Crippen molar-refractivity contribution in [1.82, 2.24) is 0 Å². The molecule has 0 atom stereocenters. The van der Waals surface area contributed by atoms with Crippen molar-refractivity contribution in [3.05, 3.63) is 230 Å². The second-order valence-electron chi connectivity index (χ2n) is 14.2. The van der Waals surface area contributed by atoms with E-state index in [0.29, 0.717) is 22.5 Å². The molecule has 2 heterocycles. The van der Waals surface area contributed by atoms with E-state index in [0.717, 1.165) is 56.2 Å². The first-order valence-corrected chi connectivity index (χ1v) is 19.2. The zero-order chi connectivity index (χ0) is 47.1. The average molecular weight is 750 g/mol. The highest BCUT2D eigenvalue weighted by Gasteiger charge is 2.44. The van der Waals surface area contributed by atoms with Crippen LogP contribution >= 0.6 is 0 Å². The largest absolute Gasteiger partial charge is 0.311 e. The highest BCUT2D eigenvalue weighted by molar-refractivity contribution is 7.00. The van der Waals surface area contributed by atoms with E-state index in [1.807, 2.05) is 121 Å². The summed E-state index contributed by atoms with van der Waals surface area (Å²) < 4.78 is 88.2. The monoisotopic (exact) mass is 749 g/mol. The van der Waals surface area contributed by atoms with Gasteiger partial charge in [0, 0.05) is 45.3 Å². The number of hydrogen-bond donors (Lipinski definition) is 0. The molecule has 2 aliphatic rings. The van der Waals surface area contributed by atoms with Gasteiger partial charge in [0.1, 0.15) is 0 Å². The van der Waals surface area contributed by atoms with Crippen molar-refractivity contribution in [2.75, 3.05) is 14.7 Å². The summed E-state index contributed by atoms with van der Waals surface area (Å²) >= 11 is 0. The van der Waals surface area contributed by atoms with Crippen molar-refractivity contribution >= 4 is 74.3 Å². The normalized spacial score (nSPS) is 14.8. The second kappa shape index (κ2) is 14.2. The van der Waals surface area contributed by atoms with E-state index in [2.05, 4.69) is 51.1 Å². The molecule has 0 spiro atoms. The second-order valence-corrected chi connectivity index (χ2v) is 14.2. The van der Waals surface area contributed by atoms with Crippen LogP contribution in [0, 0.1) is 0 Å². The fourth-order valence-electron chi connectivity index (χ4n) is 8.66.